The van der Waals surface area contributed by atoms with Crippen molar-refractivity contribution in [1.82, 2.24) is 0 Å². The first-order valence-corrected chi connectivity index (χ1v) is 10.9. The fourth-order valence-corrected chi connectivity index (χ4v) is 3.98. The molecule has 0 aliphatic carbocycles. The van der Waals surface area contributed by atoms with Gasteiger partial charge in [0.1, 0.15) is 40.1 Å². The summed E-state index contributed by atoms with van der Waals surface area (Å²) < 4.78 is 44.2. The predicted molar refractivity (Wildman–Crippen MR) is 99.0 cm³/mol. The van der Waals surface area contributed by atoms with Gasteiger partial charge in [-0.15, -0.1) is 0 Å². The van der Waals surface area contributed by atoms with Crippen molar-refractivity contribution in [2.45, 2.75) is 88.9 Å². The van der Waals surface area contributed by atoms with Crippen LogP contribution in [-0.2, 0) is 32.6 Å². The van der Waals surface area contributed by atoms with E-state index in [1.54, 1.807) is 13.8 Å². The lowest BCUT2D eigenvalue weighted by Gasteiger charge is -2.30. The first-order chi connectivity index (χ1) is 13.0. The molecule has 2 fully saturated rings. The first kappa shape index (κ1) is 24.3. The van der Waals surface area contributed by atoms with E-state index < -0.39 is 57.0 Å². The molecule has 8 atom stereocenters. The summed E-state index contributed by atoms with van der Waals surface area (Å²) in [6, 6.07) is -1.65. The molecule has 2 aliphatic heterocycles. The molecule has 0 aromatic rings. The summed E-state index contributed by atoms with van der Waals surface area (Å²) in [5.74, 6) is 0. The Morgan fingerprint density at radius 1 is 1.14 bits per heavy atom. The van der Waals surface area contributed by atoms with Gasteiger partial charge in [-0.1, -0.05) is 0 Å². The largest absolute Gasteiger partial charge is 0.756 e. The van der Waals surface area contributed by atoms with E-state index in [0.29, 0.717) is 0 Å². The van der Waals surface area contributed by atoms with Crippen molar-refractivity contribution in [2.24, 2.45) is 0 Å². The third-order valence-corrected chi connectivity index (χ3v) is 5.28. The van der Waals surface area contributed by atoms with Crippen LogP contribution in [0.3, 0.4) is 0 Å². The fourth-order valence-electron chi connectivity index (χ4n) is 3.04. The van der Waals surface area contributed by atoms with Crippen LogP contribution in [0.2, 0.25) is 0 Å². The van der Waals surface area contributed by atoms with Crippen LogP contribution in [0.5, 0.6) is 0 Å². The monoisotopic (exact) mass is 417 g/mol. The predicted octanol–water partition coefficient (Wildman–Crippen LogP) is -0.387. The first-order valence-electron chi connectivity index (χ1n) is 9.39. The summed E-state index contributed by atoms with van der Waals surface area (Å²) in [4.78, 5) is 12.3. The fraction of sp³-hybridized carbons (Fsp3) is 1.00. The molecule has 12 heteroatoms. The van der Waals surface area contributed by atoms with Gasteiger partial charge in [0.2, 0.25) is 0 Å². The normalized spacial score (nSPS) is 38.4. The highest BCUT2D eigenvalue weighted by Crippen LogP contribution is 2.44. The maximum Gasteiger partial charge on any atom is 0.268 e. The molecule has 2 aliphatic rings. The molecule has 1 N–H and O–H groups in total. The number of rotatable bonds is 10. The van der Waals surface area contributed by atoms with Crippen LogP contribution >= 0.6 is 7.82 Å². The lowest BCUT2D eigenvalue weighted by molar-refractivity contribution is -0.234. The molecule has 2 saturated heterocycles. The molecule has 28 heavy (non-hydrogen) atoms. The van der Waals surface area contributed by atoms with E-state index in [-0.39, 0.29) is 25.2 Å². The molecule has 0 amide bonds. The number of ether oxygens (including phenoxy) is 4. The average molecular weight is 417 g/mol. The Kier molecular flexibility index (Phi) is 9.01. The van der Waals surface area contributed by atoms with Crippen LogP contribution in [0.15, 0.2) is 0 Å². The van der Waals surface area contributed by atoms with Crippen molar-refractivity contribution in [3.8, 4) is 0 Å². The highest BCUT2D eigenvalue weighted by molar-refractivity contribution is 7.45. The minimum atomic E-state index is -4.70. The van der Waals surface area contributed by atoms with E-state index >= 15 is 0 Å². The van der Waals surface area contributed by atoms with Gasteiger partial charge in [-0.05, 0) is 34.1 Å². The molecule has 0 aromatic carbocycles. The van der Waals surface area contributed by atoms with E-state index in [2.05, 4.69) is 0 Å². The molecule has 0 saturated carbocycles. The van der Waals surface area contributed by atoms with Gasteiger partial charge in [0, 0.05) is 12.0 Å². The zero-order chi connectivity index (χ0) is 21.1. The molecule has 158 valence electrons. The van der Waals surface area contributed by atoms with Crippen molar-refractivity contribution >= 4 is 23.5 Å². The van der Waals surface area contributed by atoms with Crippen molar-refractivity contribution in [3.05, 3.63) is 0 Å². The zero-order valence-electron chi connectivity index (χ0n) is 16.6. The van der Waals surface area contributed by atoms with Crippen LogP contribution < -0.4 is 4.89 Å². The van der Waals surface area contributed by atoms with Crippen molar-refractivity contribution in [2.75, 3.05) is 13.2 Å². The van der Waals surface area contributed by atoms with E-state index in [1.807, 2.05) is 13.8 Å². The van der Waals surface area contributed by atoms with Gasteiger partial charge in [0.15, 0.2) is 0 Å². The van der Waals surface area contributed by atoms with Crippen molar-refractivity contribution in [1.29, 1.82) is 0 Å². The lowest BCUT2D eigenvalue weighted by atomic mass is 9.93. The minimum absolute atomic E-state index is 0.0515. The molecule has 4 radical (unpaired) electrons. The van der Waals surface area contributed by atoms with Crippen LogP contribution in [0.4, 0.5) is 0 Å². The minimum Gasteiger partial charge on any atom is -0.756 e. The Balaban J connectivity index is 1.90. The van der Waals surface area contributed by atoms with E-state index in [9.17, 15) is 14.6 Å². The number of aliphatic hydroxyl groups excluding tert-OH is 1. The van der Waals surface area contributed by atoms with Crippen LogP contribution in [0.1, 0.15) is 34.1 Å². The summed E-state index contributed by atoms with van der Waals surface area (Å²) in [5.41, 5.74) is 0. The Morgan fingerprint density at radius 3 is 2.43 bits per heavy atom. The number of phosphoric ester groups is 1. The van der Waals surface area contributed by atoms with Gasteiger partial charge in [-0.3, -0.25) is 4.57 Å². The number of aliphatic hydroxyl groups is 1. The summed E-state index contributed by atoms with van der Waals surface area (Å²) in [6.07, 6.45) is -4.30. The third-order valence-electron chi connectivity index (χ3n) is 4.28. The SMILES string of the molecule is [B][C@@H]1O[C@H](COP(=O)([O-])OC2C[C@H]([B])O[C@@H]2COC(C)C)C(OC(C)C)C1O. The van der Waals surface area contributed by atoms with Crippen LogP contribution in [0.25, 0.3) is 0 Å². The third kappa shape index (κ3) is 7.07. The molecule has 2 rings (SSSR count). The second kappa shape index (κ2) is 10.4. The van der Waals surface area contributed by atoms with E-state index in [4.69, 9.17) is 43.7 Å². The molecule has 0 spiro atoms. The summed E-state index contributed by atoms with van der Waals surface area (Å²) in [5, 5.41) is 10.1. The maximum absolute atomic E-state index is 12.3. The number of phosphoric acid groups is 1. The smallest absolute Gasteiger partial charge is 0.268 e. The molecule has 9 nitrogen and oxygen atoms in total. The Bertz CT molecular complexity index is 538. The number of hydrogen-bond donors (Lipinski definition) is 1. The standard InChI is InChI=1S/C16H29B2O9P/c1-8(2)22-6-11-10(5-13(17)25-11)27-28(20,21)23-7-12-15(24-9(3)4)14(19)16(18)26-12/h8-16,19H,5-7H2,1-4H3,(H,20,21)/p-1/t10?,11-,12-,13-,14?,15?,16-/m1/s1. The highest BCUT2D eigenvalue weighted by Gasteiger charge is 2.43. The molecule has 0 bridgehead atoms. The van der Waals surface area contributed by atoms with Crippen LogP contribution in [0, 0.1) is 0 Å². The average Bonchev–Trinajstić information content (AvgIpc) is 3.04. The van der Waals surface area contributed by atoms with E-state index in [0.717, 1.165) is 0 Å². The number of hydrogen-bond acceptors (Lipinski definition) is 9. The molecule has 0 aromatic heterocycles. The second-order valence-corrected chi connectivity index (χ2v) is 8.86. The molecule has 4 unspecified atom stereocenters. The maximum atomic E-state index is 12.3. The van der Waals surface area contributed by atoms with Crippen molar-refractivity contribution < 1.29 is 42.6 Å². The summed E-state index contributed by atoms with van der Waals surface area (Å²) >= 11 is 0. The summed E-state index contributed by atoms with van der Waals surface area (Å²) in [7, 11) is 6.70. The second-order valence-electron chi connectivity index (χ2n) is 7.50. The Hall–Kier alpha value is 0.0399. The topological polar surface area (TPSA) is 116 Å². The van der Waals surface area contributed by atoms with E-state index in [1.165, 1.54) is 0 Å². The molecule has 2 heterocycles. The molecular weight excluding hydrogens is 389 g/mol. The molecular formula is C16H28B2O9P-. The lowest BCUT2D eigenvalue weighted by Crippen LogP contribution is -2.39. The van der Waals surface area contributed by atoms with Gasteiger partial charge in [-0.25, -0.2) is 0 Å². The van der Waals surface area contributed by atoms with Crippen LogP contribution in [-0.4, -0.2) is 88.7 Å². The Labute approximate surface area is 168 Å². The van der Waals surface area contributed by atoms with Gasteiger partial charge in [0.05, 0.1) is 31.5 Å². The van der Waals surface area contributed by atoms with Gasteiger partial charge in [-0.2, -0.15) is 0 Å². The van der Waals surface area contributed by atoms with Gasteiger partial charge < -0.3 is 38.0 Å². The van der Waals surface area contributed by atoms with Gasteiger partial charge in [0.25, 0.3) is 7.82 Å². The highest BCUT2D eigenvalue weighted by atomic mass is 31.2. The Morgan fingerprint density at radius 2 is 1.82 bits per heavy atom. The zero-order valence-corrected chi connectivity index (χ0v) is 17.5. The van der Waals surface area contributed by atoms with Gasteiger partial charge >= 0.3 is 0 Å². The quantitative estimate of drug-likeness (QED) is 0.375. The summed E-state index contributed by atoms with van der Waals surface area (Å²) in [6.45, 7) is 6.99. The van der Waals surface area contributed by atoms with Crippen molar-refractivity contribution in [3.63, 3.8) is 0 Å².